The summed E-state index contributed by atoms with van der Waals surface area (Å²) in [6.45, 7) is 0.548. The van der Waals surface area contributed by atoms with Crippen molar-refractivity contribution in [2.24, 2.45) is 0 Å². The summed E-state index contributed by atoms with van der Waals surface area (Å²) in [6.07, 6.45) is -0.325. The van der Waals surface area contributed by atoms with Crippen molar-refractivity contribution >= 4 is 46.1 Å². The number of likely N-dealkylation sites (N-methyl/N-ethyl adjacent to an activating group) is 1. The number of carboxylic acid groups (broad SMARTS) is 1. The largest absolute Gasteiger partial charge is 0.481 e. The molecule has 0 aliphatic carbocycles. The van der Waals surface area contributed by atoms with E-state index in [2.05, 4.69) is 15.3 Å². The molecule has 2 heterocycles. The summed E-state index contributed by atoms with van der Waals surface area (Å²) < 4.78 is 0. The standard InChI is InChI=1S/C22H22ClN5O4/c1-27-10-13-7-12(3-5-15(13)24-18(22(27)32)9-20(29)30)21(31)28(2)11-19-25-16-6-4-14(23)8-17(16)26-19/h3-8,18,24H,9-11H2,1-2H3,(H,25,26)(H,29,30)/t18-/m0/s1. The number of carbonyl (C=O) groups excluding carboxylic acids is 2. The van der Waals surface area contributed by atoms with Crippen LogP contribution >= 0.6 is 11.6 Å². The van der Waals surface area contributed by atoms with Crippen molar-refractivity contribution in [3.63, 3.8) is 0 Å². The molecule has 0 radical (unpaired) electrons. The molecule has 1 aliphatic heterocycles. The highest BCUT2D eigenvalue weighted by Crippen LogP contribution is 2.25. The van der Waals surface area contributed by atoms with Gasteiger partial charge in [0.15, 0.2) is 0 Å². The van der Waals surface area contributed by atoms with E-state index in [0.29, 0.717) is 22.1 Å². The molecule has 9 nitrogen and oxygen atoms in total. The number of nitrogens with one attached hydrogen (secondary N) is 2. The van der Waals surface area contributed by atoms with Gasteiger partial charge in [-0.2, -0.15) is 0 Å². The Balaban J connectivity index is 1.53. The molecule has 3 N–H and O–H groups in total. The Kier molecular flexibility index (Phi) is 5.75. The van der Waals surface area contributed by atoms with Gasteiger partial charge in [0.2, 0.25) is 5.91 Å². The predicted octanol–water partition coefficient (Wildman–Crippen LogP) is 2.72. The summed E-state index contributed by atoms with van der Waals surface area (Å²) in [4.78, 5) is 47.3. The number of aromatic nitrogens is 2. The molecule has 1 aliphatic rings. The smallest absolute Gasteiger partial charge is 0.305 e. The van der Waals surface area contributed by atoms with Crippen LogP contribution in [0.2, 0.25) is 5.02 Å². The van der Waals surface area contributed by atoms with Crippen molar-refractivity contribution in [2.75, 3.05) is 19.4 Å². The molecule has 0 fully saturated rings. The predicted molar refractivity (Wildman–Crippen MR) is 119 cm³/mol. The van der Waals surface area contributed by atoms with Crippen LogP contribution in [-0.4, -0.2) is 62.8 Å². The first-order valence-electron chi connectivity index (χ1n) is 9.97. The molecule has 10 heteroatoms. The number of H-pyrrole nitrogens is 1. The number of aromatic amines is 1. The SMILES string of the molecule is CN(Cc1nc2ccc(Cl)cc2[nH]1)C(=O)c1ccc2c(c1)CN(C)C(=O)[C@H](CC(=O)O)N2. The molecule has 2 aromatic carbocycles. The van der Waals surface area contributed by atoms with Crippen LogP contribution in [-0.2, 0) is 22.7 Å². The van der Waals surface area contributed by atoms with Crippen LogP contribution in [0, 0.1) is 0 Å². The van der Waals surface area contributed by atoms with Crippen LogP contribution in [0.25, 0.3) is 11.0 Å². The Bertz CT molecular complexity index is 1220. The molecule has 0 spiro atoms. The number of benzene rings is 2. The quantitative estimate of drug-likeness (QED) is 0.544. The zero-order valence-electron chi connectivity index (χ0n) is 17.6. The first-order valence-corrected chi connectivity index (χ1v) is 10.3. The monoisotopic (exact) mass is 455 g/mol. The lowest BCUT2D eigenvalue weighted by molar-refractivity contribution is -0.141. The van der Waals surface area contributed by atoms with Crippen LogP contribution in [0.3, 0.4) is 0 Å². The number of carbonyl (C=O) groups is 3. The second-order valence-corrected chi connectivity index (χ2v) is 8.30. The topological polar surface area (TPSA) is 119 Å². The zero-order chi connectivity index (χ0) is 23.0. The number of imidazole rings is 1. The third-order valence-electron chi connectivity index (χ3n) is 5.37. The lowest BCUT2D eigenvalue weighted by Gasteiger charge is -2.19. The van der Waals surface area contributed by atoms with Crippen LogP contribution in [0.4, 0.5) is 5.69 Å². The van der Waals surface area contributed by atoms with E-state index in [-0.39, 0.29) is 31.3 Å². The fraction of sp³-hybridized carbons (Fsp3) is 0.273. The molecule has 0 saturated carbocycles. The van der Waals surface area contributed by atoms with E-state index in [1.165, 1.54) is 4.90 Å². The molecule has 0 saturated heterocycles. The minimum Gasteiger partial charge on any atom is -0.481 e. The van der Waals surface area contributed by atoms with Gasteiger partial charge in [-0.1, -0.05) is 11.6 Å². The Morgan fingerprint density at radius 3 is 2.81 bits per heavy atom. The number of hydrogen-bond donors (Lipinski definition) is 3. The van der Waals surface area contributed by atoms with E-state index in [0.717, 1.165) is 16.6 Å². The summed E-state index contributed by atoms with van der Waals surface area (Å²) in [6, 6.07) is 9.60. The summed E-state index contributed by atoms with van der Waals surface area (Å²) >= 11 is 6.02. The van der Waals surface area contributed by atoms with Gasteiger partial charge in [-0.15, -0.1) is 0 Å². The molecule has 2 amide bonds. The minimum absolute atomic E-state index is 0.202. The van der Waals surface area contributed by atoms with Gasteiger partial charge in [0.25, 0.3) is 5.91 Å². The van der Waals surface area contributed by atoms with Crippen molar-refractivity contribution in [1.29, 1.82) is 0 Å². The zero-order valence-corrected chi connectivity index (χ0v) is 18.3. The summed E-state index contributed by atoms with van der Waals surface area (Å²) in [5.74, 6) is -0.935. The van der Waals surface area contributed by atoms with Gasteiger partial charge < -0.3 is 25.2 Å². The minimum atomic E-state index is -1.06. The van der Waals surface area contributed by atoms with Crippen molar-refractivity contribution in [3.8, 4) is 0 Å². The highest BCUT2D eigenvalue weighted by atomic mass is 35.5. The Morgan fingerprint density at radius 1 is 1.28 bits per heavy atom. The van der Waals surface area contributed by atoms with Crippen molar-refractivity contribution in [3.05, 3.63) is 58.4 Å². The Hall–Kier alpha value is -3.59. The van der Waals surface area contributed by atoms with Gasteiger partial charge in [-0.3, -0.25) is 14.4 Å². The molecule has 0 unspecified atom stereocenters. The number of anilines is 1. The van der Waals surface area contributed by atoms with Gasteiger partial charge in [-0.05, 0) is 42.0 Å². The van der Waals surface area contributed by atoms with E-state index in [1.54, 1.807) is 49.3 Å². The fourth-order valence-corrected chi connectivity index (χ4v) is 3.96. The van der Waals surface area contributed by atoms with E-state index in [1.807, 2.05) is 6.07 Å². The summed E-state index contributed by atoms with van der Waals surface area (Å²) in [5, 5.41) is 12.7. The van der Waals surface area contributed by atoms with E-state index >= 15 is 0 Å². The van der Waals surface area contributed by atoms with E-state index < -0.39 is 12.0 Å². The van der Waals surface area contributed by atoms with Crippen LogP contribution in [0.15, 0.2) is 36.4 Å². The number of carboxylic acids is 1. The van der Waals surface area contributed by atoms with E-state index in [9.17, 15) is 14.4 Å². The van der Waals surface area contributed by atoms with Crippen LogP contribution in [0.5, 0.6) is 0 Å². The number of rotatable bonds is 5. The lowest BCUT2D eigenvalue weighted by Crippen LogP contribution is -2.39. The van der Waals surface area contributed by atoms with Gasteiger partial charge in [0.05, 0.1) is 24.0 Å². The first-order chi connectivity index (χ1) is 15.2. The molecule has 1 aromatic heterocycles. The van der Waals surface area contributed by atoms with Gasteiger partial charge in [0.1, 0.15) is 11.9 Å². The lowest BCUT2D eigenvalue weighted by atomic mass is 10.1. The van der Waals surface area contributed by atoms with Crippen molar-refractivity contribution in [2.45, 2.75) is 25.6 Å². The highest BCUT2D eigenvalue weighted by molar-refractivity contribution is 6.31. The number of halogens is 1. The van der Waals surface area contributed by atoms with Crippen molar-refractivity contribution in [1.82, 2.24) is 19.8 Å². The third kappa shape index (κ3) is 4.38. The Morgan fingerprint density at radius 2 is 2.06 bits per heavy atom. The number of nitrogens with zero attached hydrogens (tertiary/aromatic N) is 3. The normalized spacial score (nSPS) is 15.8. The highest BCUT2D eigenvalue weighted by Gasteiger charge is 2.29. The van der Waals surface area contributed by atoms with Crippen LogP contribution < -0.4 is 5.32 Å². The number of amides is 2. The third-order valence-corrected chi connectivity index (χ3v) is 5.60. The maximum Gasteiger partial charge on any atom is 0.305 e. The van der Waals surface area contributed by atoms with Gasteiger partial charge in [0, 0.05) is 36.9 Å². The average molecular weight is 456 g/mol. The Labute approximate surface area is 189 Å². The van der Waals surface area contributed by atoms with E-state index in [4.69, 9.17) is 16.7 Å². The summed E-state index contributed by atoms with van der Waals surface area (Å²) in [7, 11) is 3.30. The molecule has 3 aromatic rings. The fourth-order valence-electron chi connectivity index (χ4n) is 3.79. The summed E-state index contributed by atoms with van der Waals surface area (Å²) in [5.41, 5.74) is 3.41. The molecule has 166 valence electrons. The molecular weight excluding hydrogens is 434 g/mol. The first kappa shape index (κ1) is 21.6. The molecular formula is C22H22ClN5O4. The average Bonchev–Trinajstić information content (AvgIpc) is 3.09. The molecule has 32 heavy (non-hydrogen) atoms. The second-order valence-electron chi connectivity index (χ2n) is 7.87. The van der Waals surface area contributed by atoms with Crippen molar-refractivity contribution < 1.29 is 19.5 Å². The van der Waals surface area contributed by atoms with Gasteiger partial charge in [-0.25, -0.2) is 4.98 Å². The van der Waals surface area contributed by atoms with Gasteiger partial charge >= 0.3 is 5.97 Å². The maximum absolute atomic E-state index is 13.0. The number of aliphatic carboxylic acids is 1. The molecule has 0 bridgehead atoms. The maximum atomic E-state index is 13.0. The second kappa shape index (κ2) is 8.51. The molecule has 1 atom stereocenters. The molecule has 4 rings (SSSR count). The van der Waals surface area contributed by atoms with Crippen LogP contribution in [0.1, 0.15) is 28.2 Å². The number of fused-ring (bicyclic) bond motifs is 2. The number of hydrogen-bond acceptors (Lipinski definition) is 5.